The SMILES string of the molecule is CCOC(=O)CN(Cc1cccc(OCc2ccccc2)c1)S(=O)(=O)N1CCCc2ccccc21. The molecule has 8 heteroatoms. The highest BCUT2D eigenvalue weighted by Crippen LogP contribution is 2.31. The predicted octanol–water partition coefficient (Wildman–Crippen LogP) is 4.33. The Kier molecular flexibility index (Phi) is 8.05. The summed E-state index contributed by atoms with van der Waals surface area (Å²) in [5.74, 6) is 0.0426. The fourth-order valence-corrected chi connectivity index (χ4v) is 5.77. The maximum atomic E-state index is 13.8. The third-order valence-corrected chi connectivity index (χ3v) is 7.64. The minimum Gasteiger partial charge on any atom is -0.489 e. The van der Waals surface area contributed by atoms with Crippen LogP contribution >= 0.6 is 0 Å². The van der Waals surface area contributed by atoms with Gasteiger partial charge in [-0.3, -0.25) is 9.10 Å². The van der Waals surface area contributed by atoms with Gasteiger partial charge in [0, 0.05) is 13.1 Å². The normalized spacial score (nSPS) is 13.4. The average Bonchev–Trinajstić information content (AvgIpc) is 2.88. The molecule has 1 aliphatic heterocycles. The summed E-state index contributed by atoms with van der Waals surface area (Å²) in [6.07, 6.45) is 1.53. The molecule has 0 bridgehead atoms. The number of hydrogen-bond acceptors (Lipinski definition) is 5. The summed E-state index contributed by atoms with van der Waals surface area (Å²) in [4.78, 5) is 12.4. The molecule has 0 saturated heterocycles. The molecule has 184 valence electrons. The number of aryl methyl sites for hydroxylation is 1. The van der Waals surface area contributed by atoms with Crippen molar-refractivity contribution in [1.29, 1.82) is 0 Å². The van der Waals surface area contributed by atoms with Crippen molar-refractivity contribution in [2.75, 3.05) is 24.0 Å². The minimum absolute atomic E-state index is 0.0162. The van der Waals surface area contributed by atoms with Gasteiger partial charge in [0.15, 0.2) is 0 Å². The van der Waals surface area contributed by atoms with Crippen molar-refractivity contribution in [1.82, 2.24) is 4.31 Å². The Morgan fingerprint density at radius 1 is 0.971 bits per heavy atom. The smallest absolute Gasteiger partial charge is 0.321 e. The minimum atomic E-state index is -3.99. The summed E-state index contributed by atoms with van der Waals surface area (Å²) in [7, 11) is -3.99. The Labute approximate surface area is 207 Å². The van der Waals surface area contributed by atoms with Crippen LogP contribution in [0.4, 0.5) is 5.69 Å². The Hall–Kier alpha value is -3.36. The monoisotopic (exact) mass is 494 g/mol. The van der Waals surface area contributed by atoms with Crippen molar-refractivity contribution in [3.05, 3.63) is 95.6 Å². The standard InChI is InChI=1S/C27H30N2O5S/c1-2-33-27(30)20-28(35(31,32)29-17-9-14-24-13-6-7-16-26(24)29)19-23-12-8-15-25(18-23)34-21-22-10-4-3-5-11-22/h3-8,10-13,15-16,18H,2,9,14,17,19-21H2,1H3. The van der Waals surface area contributed by atoms with Gasteiger partial charge in [0.2, 0.25) is 0 Å². The van der Waals surface area contributed by atoms with E-state index in [9.17, 15) is 13.2 Å². The van der Waals surface area contributed by atoms with Gasteiger partial charge in [0.05, 0.1) is 12.3 Å². The van der Waals surface area contributed by atoms with Crippen molar-refractivity contribution in [2.24, 2.45) is 0 Å². The van der Waals surface area contributed by atoms with E-state index in [4.69, 9.17) is 9.47 Å². The van der Waals surface area contributed by atoms with Crippen molar-refractivity contribution in [2.45, 2.75) is 32.9 Å². The van der Waals surface area contributed by atoms with Gasteiger partial charge in [0.25, 0.3) is 0 Å². The van der Waals surface area contributed by atoms with E-state index < -0.39 is 16.2 Å². The lowest BCUT2D eigenvalue weighted by molar-refractivity contribution is -0.143. The zero-order valence-corrected chi connectivity index (χ0v) is 20.6. The van der Waals surface area contributed by atoms with E-state index in [0.29, 0.717) is 36.6 Å². The molecule has 3 aromatic rings. The molecule has 3 aromatic carbocycles. The van der Waals surface area contributed by atoms with Gasteiger partial charge in [-0.15, -0.1) is 0 Å². The fraction of sp³-hybridized carbons (Fsp3) is 0.296. The van der Waals surface area contributed by atoms with Crippen LogP contribution in [0.25, 0.3) is 0 Å². The third kappa shape index (κ3) is 6.21. The van der Waals surface area contributed by atoms with Crippen LogP contribution in [0, 0.1) is 0 Å². The van der Waals surface area contributed by atoms with Gasteiger partial charge in [-0.05, 0) is 54.7 Å². The lowest BCUT2D eigenvalue weighted by Crippen LogP contribution is -2.47. The number of fused-ring (bicyclic) bond motifs is 1. The first-order chi connectivity index (χ1) is 17.0. The van der Waals surface area contributed by atoms with Crippen molar-refractivity contribution in [3.8, 4) is 5.75 Å². The number of carbonyl (C=O) groups excluding carboxylic acids is 1. The zero-order valence-electron chi connectivity index (χ0n) is 19.8. The molecule has 1 aliphatic rings. The number of benzene rings is 3. The van der Waals surface area contributed by atoms with E-state index in [1.165, 1.54) is 8.61 Å². The highest BCUT2D eigenvalue weighted by atomic mass is 32.2. The third-order valence-electron chi connectivity index (χ3n) is 5.79. The Morgan fingerprint density at radius 3 is 2.51 bits per heavy atom. The van der Waals surface area contributed by atoms with E-state index in [1.807, 2.05) is 72.8 Å². The summed E-state index contributed by atoms with van der Waals surface area (Å²) in [6, 6.07) is 24.6. The van der Waals surface area contributed by atoms with Gasteiger partial charge < -0.3 is 9.47 Å². The second-order valence-corrected chi connectivity index (χ2v) is 10.2. The van der Waals surface area contributed by atoms with Crippen LogP contribution in [0.2, 0.25) is 0 Å². The molecule has 1 heterocycles. The highest BCUT2D eigenvalue weighted by Gasteiger charge is 2.34. The van der Waals surface area contributed by atoms with Crippen LogP contribution in [0.15, 0.2) is 78.9 Å². The van der Waals surface area contributed by atoms with E-state index in [1.54, 1.807) is 13.0 Å². The molecule has 4 rings (SSSR count). The van der Waals surface area contributed by atoms with E-state index >= 15 is 0 Å². The van der Waals surface area contributed by atoms with Crippen molar-refractivity contribution >= 4 is 21.9 Å². The van der Waals surface area contributed by atoms with Crippen molar-refractivity contribution < 1.29 is 22.7 Å². The molecule has 0 aromatic heterocycles. The molecule has 0 spiro atoms. The van der Waals surface area contributed by atoms with Crippen LogP contribution in [0.5, 0.6) is 5.75 Å². The zero-order chi connectivity index (χ0) is 24.7. The molecular formula is C27H30N2O5S. The number of carbonyl (C=O) groups is 1. The maximum Gasteiger partial charge on any atom is 0.321 e. The van der Waals surface area contributed by atoms with Gasteiger partial charge in [-0.25, -0.2) is 0 Å². The molecule has 0 unspecified atom stereocenters. The van der Waals surface area contributed by atoms with E-state index in [-0.39, 0.29) is 19.7 Å². The molecule has 7 nitrogen and oxygen atoms in total. The molecule has 0 radical (unpaired) electrons. The second kappa shape index (κ2) is 11.4. The van der Waals surface area contributed by atoms with Crippen LogP contribution in [-0.4, -0.2) is 38.4 Å². The average molecular weight is 495 g/mol. The van der Waals surface area contributed by atoms with Gasteiger partial charge >= 0.3 is 16.2 Å². The number of ether oxygens (including phenoxy) is 2. The molecular weight excluding hydrogens is 464 g/mol. The molecule has 0 N–H and O–H groups in total. The summed E-state index contributed by atoms with van der Waals surface area (Å²) in [5.41, 5.74) is 3.39. The van der Waals surface area contributed by atoms with Gasteiger partial charge in [-0.1, -0.05) is 60.7 Å². The predicted molar refractivity (Wildman–Crippen MR) is 135 cm³/mol. The summed E-state index contributed by atoms with van der Waals surface area (Å²) < 4.78 is 41.2. The van der Waals surface area contributed by atoms with Crippen LogP contribution < -0.4 is 9.04 Å². The quantitative estimate of drug-likeness (QED) is 0.392. The number of anilines is 1. The first-order valence-corrected chi connectivity index (χ1v) is 13.1. The topological polar surface area (TPSA) is 76.1 Å². The lowest BCUT2D eigenvalue weighted by atomic mass is 10.0. The van der Waals surface area contributed by atoms with E-state index in [2.05, 4.69) is 0 Å². The lowest BCUT2D eigenvalue weighted by Gasteiger charge is -2.34. The first kappa shape index (κ1) is 24.8. The van der Waals surface area contributed by atoms with Gasteiger partial charge in [0.1, 0.15) is 18.9 Å². The highest BCUT2D eigenvalue weighted by molar-refractivity contribution is 7.90. The second-order valence-electron chi connectivity index (χ2n) is 8.31. The largest absolute Gasteiger partial charge is 0.489 e. The van der Waals surface area contributed by atoms with Crippen LogP contribution in [0.3, 0.4) is 0 Å². The first-order valence-electron chi connectivity index (χ1n) is 11.7. The van der Waals surface area contributed by atoms with Crippen molar-refractivity contribution in [3.63, 3.8) is 0 Å². The molecule has 0 saturated carbocycles. The number of nitrogens with zero attached hydrogens (tertiary/aromatic N) is 2. The summed E-state index contributed by atoms with van der Waals surface area (Å²) >= 11 is 0. The summed E-state index contributed by atoms with van der Waals surface area (Å²) in [6.45, 7) is 2.29. The van der Waals surface area contributed by atoms with Crippen LogP contribution in [0.1, 0.15) is 30.0 Å². The van der Waals surface area contributed by atoms with E-state index in [0.717, 1.165) is 17.5 Å². The number of esters is 1. The molecule has 0 atom stereocenters. The molecule has 0 aliphatic carbocycles. The Morgan fingerprint density at radius 2 is 1.71 bits per heavy atom. The fourth-order valence-electron chi connectivity index (χ4n) is 4.13. The molecule has 0 fully saturated rings. The number of para-hydroxylation sites is 1. The maximum absolute atomic E-state index is 13.8. The number of hydrogen-bond donors (Lipinski definition) is 0. The molecule has 35 heavy (non-hydrogen) atoms. The summed E-state index contributed by atoms with van der Waals surface area (Å²) in [5, 5.41) is 0. The number of rotatable bonds is 10. The Bertz CT molecular complexity index is 1250. The van der Waals surface area contributed by atoms with Crippen LogP contribution in [-0.2, 0) is 39.3 Å². The Balaban J connectivity index is 1.57. The molecule has 0 amide bonds. The van der Waals surface area contributed by atoms with Gasteiger partial charge in [-0.2, -0.15) is 12.7 Å².